The molecule has 2 saturated heterocycles. The first-order chi connectivity index (χ1) is 16.5. The van der Waals surface area contributed by atoms with Gasteiger partial charge in [-0.05, 0) is 18.2 Å². The van der Waals surface area contributed by atoms with Gasteiger partial charge in [0.15, 0.2) is 0 Å². The minimum atomic E-state index is -3.52. The number of benzene rings is 2. The Hall–Kier alpha value is -2.63. The molecule has 2 fully saturated rings. The van der Waals surface area contributed by atoms with Gasteiger partial charge in [-0.2, -0.15) is 0 Å². The Morgan fingerprint density at radius 3 is 2.38 bits per heavy atom. The van der Waals surface area contributed by atoms with Crippen molar-refractivity contribution >= 4 is 10.0 Å². The van der Waals surface area contributed by atoms with Crippen molar-refractivity contribution in [1.29, 1.82) is 0 Å². The van der Waals surface area contributed by atoms with Gasteiger partial charge in [0.2, 0.25) is 10.0 Å². The molecule has 0 amide bonds. The molecule has 9 nitrogen and oxygen atoms in total. The quantitative estimate of drug-likeness (QED) is 0.495. The third-order valence-corrected chi connectivity index (χ3v) is 7.56. The van der Waals surface area contributed by atoms with E-state index in [0.717, 1.165) is 17.8 Å². The molecule has 180 valence electrons. The molecule has 0 aliphatic carbocycles. The summed E-state index contributed by atoms with van der Waals surface area (Å²) >= 11 is 0. The summed E-state index contributed by atoms with van der Waals surface area (Å²) in [6.45, 7) is 2.15. The van der Waals surface area contributed by atoms with Crippen molar-refractivity contribution in [3.63, 3.8) is 0 Å². The highest BCUT2D eigenvalue weighted by Crippen LogP contribution is 2.34. The Kier molecular flexibility index (Phi) is 6.75. The lowest BCUT2D eigenvalue weighted by Crippen LogP contribution is -2.44. The molecular formula is C24H29N5O4S. The van der Waals surface area contributed by atoms with E-state index in [0.29, 0.717) is 13.2 Å². The monoisotopic (exact) mass is 483 g/mol. The summed E-state index contributed by atoms with van der Waals surface area (Å²) in [5, 5.41) is 8.65. The average molecular weight is 484 g/mol. The summed E-state index contributed by atoms with van der Waals surface area (Å²) in [5.74, 6) is -0.0753. The van der Waals surface area contributed by atoms with Crippen molar-refractivity contribution in [1.82, 2.24) is 24.6 Å². The van der Waals surface area contributed by atoms with Gasteiger partial charge in [-0.1, -0.05) is 65.9 Å². The minimum Gasteiger partial charge on any atom is -0.371 e. The van der Waals surface area contributed by atoms with Crippen LogP contribution in [0.15, 0.2) is 66.9 Å². The van der Waals surface area contributed by atoms with Crippen LogP contribution >= 0.6 is 0 Å². The lowest BCUT2D eigenvalue weighted by atomic mass is 10.1. The van der Waals surface area contributed by atoms with E-state index in [1.807, 2.05) is 49.6 Å². The van der Waals surface area contributed by atoms with Gasteiger partial charge < -0.3 is 9.47 Å². The van der Waals surface area contributed by atoms with Crippen LogP contribution in [0.25, 0.3) is 0 Å². The molecule has 0 saturated carbocycles. The van der Waals surface area contributed by atoms with E-state index >= 15 is 0 Å². The number of nitrogens with zero attached hydrogens (tertiary/aromatic N) is 4. The zero-order valence-corrected chi connectivity index (χ0v) is 19.8. The summed E-state index contributed by atoms with van der Waals surface area (Å²) in [6, 6.07) is 18.8. The number of hydrogen-bond acceptors (Lipinski definition) is 7. The molecule has 34 heavy (non-hydrogen) atoms. The van der Waals surface area contributed by atoms with Gasteiger partial charge in [0.25, 0.3) is 0 Å². The predicted octanol–water partition coefficient (Wildman–Crippen LogP) is 1.74. The van der Waals surface area contributed by atoms with E-state index in [4.69, 9.17) is 9.47 Å². The molecule has 0 unspecified atom stereocenters. The molecule has 2 aromatic carbocycles. The molecule has 4 atom stereocenters. The SMILES string of the molecule is CN(Cc1ccccc1)Cc1cn([C@H]2CO[C@H]3[C@@H]2OC[C@@H]3NS(=O)(=O)Cc2ccccc2)nn1. The molecule has 0 radical (unpaired) electrons. The van der Waals surface area contributed by atoms with Crippen LogP contribution in [0.4, 0.5) is 0 Å². The molecule has 1 aromatic heterocycles. The second-order valence-corrected chi connectivity index (χ2v) is 10.7. The maximum atomic E-state index is 12.7. The van der Waals surface area contributed by atoms with Gasteiger partial charge in [-0.25, -0.2) is 17.8 Å². The van der Waals surface area contributed by atoms with Crippen LogP contribution < -0.4 is 4.72 Å². The van der Waals surface area contributed by atoms with E-state index in [2.05, 4.69) is 32.1 Å². The largest absolute Gasteiger partial charge is 0.371 e. The third kappa shape index (κ3) is 5.37. The van der Waals surface area contributed by atoms with Crippen molar-refractivity contribution in [2.75, 3.05) is 20.3 Å². The first-order valence-electron chi connectivity index (χ1n) is 11.4. The second kappa shape index (κ2) is 9.93. The molecule has 0 spiro atoms. The first-order valence-corrected chi connectivity index (χ1v) is 13.0. The topological polar surface area (TPSA) is 98.6 Å². The third-order valence-electron chi connectivity index (χ3n) is 6.18. The highest BCUT2D eigenvalue weighted by molar-refractivity contribution is 7.88. The second-order valence-electron chi connectivity index (χ2n) is 8.98. The van der Waals surface area contributed by atoms with Crippen LogP contribution in [0.3, 0.4) is 0 Å². The number of hydrogen-bond donors (Lipinski definition) is 1. The van der Waals surface area contributed by atoms with Gasteiger partial charge in [0, 0.05) is 13.1 Å². The van der Waals surface area contributed by atoms with Crippen LogP contribution in [0.1, 0.15) is 22.9 Å². The Morgan fingerprint density at radius 1 is 0.971 bits per heavy atom. The number of ether oxygens (including phenoxy) is 2. The smallest absolute Gasteiger partial charge is 0.216 e. The maximum absolute atomic E-state index is 12.7. The Bertz CT molecular complexity index is 1190. The lowest BCUT2D eigenvalue weighted by Gasteiger charge is -2.18. The summed E-state index contributed by atoms with van der Waals surface area (Å²) in [6.07, 6.45) is 1.29. The lowest BCUT2D eigenvalue weighted by molar-refractivity contribution is 0.0624. The highest BCUT2D eigenvalue weighted by atomic mass is 32.2. The molecule has 5 rings (SSSR count). The van der Waals surface area contributed by atoms with Crippen LogP contribution in [0.2, 0.25) is 0 Å². The molecule has 2 aliphatic heterocycles. The van der Waals surface area contributed by atoms with Crippen LogP contribution in [-0.4, -0.2) is 66.8 Å². The van der Waals surface area contributed by atoms with Crippen molar-refractivity contribution < 1.29 is 17.9 Å². The van der Waals surface area contributed by atoms with Crippen molar-refractivity contribution in [3.05, 3.63) is 83.7 Å². The summed E-state index contributed by atoms with van der Waals surface area (Å²) in [7, 11) is -1.48. The van der Waals surface area contributed by atoms with Crippen molar-refractivity contribution in [2.24, 2.45) is 0 Å². The molecule has 2 aliphatic rings. The van der Waals surface area contributed by atoms with Gasteiger partial charge >= 0.3 is 0 Å². The molecule has 3 heterocycles. The van der Waals surface area contributed by atoms with Gasteiger partial charge in [-0.15, -0.1) is 5.10 Å². The number of nitrogens with one attached hydrogen (secondary N) is 1. The zero-order valence-electron chi connectivity index (χ0n) is 19.0. The molecular weight excluding hydrogens is 454 g/mol. The fourth-order valence-electron chi connectivity index (χ4n) is 4.65. The van der Waals surface area contributed by atoms with Gasteiger partial charge in [0.05, 0.1) is 36.9 Å². The summed E-state index contributed by atoms with van der Waals surface area (Å²) < 4.78 is 41.9. The molecule has 10 heteroatoms. The standard InChI is InChI=1S/C24H29N5O4S/c1-28(12-18-8-4-2-5-9-18)13-20-14-29(27-25-20)22-16-33-23-21(15-32-24(22)23)26-34(30,31)17-19-10-6-3-7-11-19/h2-11,14,21-24,26H,12-13,15-17H2,1H3/t21-,22-,23+,24+/m0/s1. The van der Waals surface area contributed by atoms with Crippen molar-refractivity contribution in [2.45, 2.75) is 43.1 Å². The zero-order chi connectivity index (χ0) is 23.5. The van der Waals surface area contributed by atoms with E-state index in [9.17, 15) is 8.42 Å². The van der Waals surface area contributed by atoms with Crippen molar-refractivity contribution in [3.8, 4) is 0 Å². The first kappa shape index (κ1) is 23.1. The maximum Gasteiger partial charge on any atom is 0.216 e. The number of fused-ring (bicyclic) bond motifs is 1. The Balaban J connectivity index is 1.18. The normalized spacial score (nSPS) is 24.5. The number of aromatic nitrogens is 3. The van der Waals surface area contributed by atoms with Crippen LogP contribution in [-0.2, 0) is 38.3 Å². The highest BCUT2D eigenvalue weighted by Gasteiger charge is 2.49. The van der Waals surface area contributed by atoms with Crippen LogP contribution in [0.5, 0.6) is 0 Å². The van der Waals surface area contributed by atoms with E-state index in [1.165, 1.54) is 5.56 Å². The van der Waals surface area contributed by atoms with E-state index < -0.39 is 16.1 Å². The fraction of sp³-hybridized carbons (Fsp3) is 0.417. The van der Waals surface area contributed by atoms with Crippen LogP contribution in [0, 0.1) is 0 Å². The number of rotatable bonds is 9. The van der Waals surface area contributed by atoms with Gasteiger partial charge in [0.1, 0.15) is 18.2 Å². The molecule has 1 N–H and O–H groups in total. The fourth-order valence-corrected chi connectivity index (χ4v) is 6.03. The van der Waals surface area contributed by atoms with Gasteiger partial charge in [-0.3, -0.25) is 4.90 Å². The molecule has 3 aromatic rings. The predicted molar refractivity (Wildman–Crippen MR) is 126 cm³/mol. The summed E-state index contributed by atoms with van der Waals surface area (Å²) in [4.78, 5) is 2.18. The summed E-state index contributed by atoms with van der Waals surface area (Å²) in [5.41, 5.74) is 2.84. The van der Waals surface area contributed by atoms with E-state index in [-0.39, 0.29) is 30.6 Å². The average Bonchev–Trinajstić information content (AvgIpc) is 3.52. The Labute approximate surface area is 199 Å². The van der Waals surface area contributed by atoms with E-state index in [1.54, 1.807) is 16.8 Å². The Morgan fingerprint density at radius 2 is 1.65 bits per heavy atom. The minimum absolute atomic E-state index is 0.0753. The number of sulfonamides is 1. The molecule has 0 bridgehead atoms.